The van der Waals surface area contributed by atoms with Crippen LogP contribution in [0, 0.1) is 0 Å². The molecule has 2 saturated heterocycles. The van der Waals surface area contributed by atoms with E-state index in [1.807, 2.05) is 60.7 Å². The molecule has 5 aromatic carbocycles. The number of aliphatic hydroxyl groups excluding tert-OH is 6. The van der Waals surface area contributed by atoms with Gasteiger partial charge in [0.15, 0.2) is 0 Å². The average molecular weight is 1290 g/mol. The molecular formula is C62H76N6O20S2. The summed E-state index contributed by atoms with van der Waals surface area (Å²) in [5.41, 5.74) is 2.94. The highest BCUT2D eigenvalue weighted by atomic mass is 32.2. The Kier molecular flexibility index (Phi) is 25.8. The number of ether oxygens (including phenoxy) is 4. The van der Waals surface area contributed by atoms with Crippen molar-refractivity contribution in [1.29, 1.82) is 0 Å². The lowest BCUT2D eigenvalue weighted by Gasteiger charge is -2.46. The SMILES string of the molecule is CC(=O)N[C@H]1[C@H]([C@H](O)[C@H](O)CNC(=O)c2ccc(-c3ccccc3)cc2)O[C@@](OCCCSCCNc2c(NCCSCCCO[C@]3(C(=O)O)C[C@H](O)[C@@H](NC(C)=O)C([C@H](O)[C@H](O)CNC(=O)c4ccc(-c5ccccc5)cc4)O3)c(=O)c2=O)(C(=O)O)C[C@@H]1O. The summed E-state index contributed by atoms with van der Waals surface area (Å²) in [4.78, 5) is 101. The Morgan fingerprint density at radius 1 is 0.533 bits per heavy atom. The molecule has 26 nitrogen and oxygen atoms in total. The van der Waals surface area contributed by atoms with Gasteiger partial charge in [-0.1, -0.05) is 84.9 Å². The second-order valence-corrected chi connectivity index (χ2v) is 24.0. The Bertz CT molecular complexity index is 3060. The Labute approximate surface area is 526 Å². The number of benzene rings is 4. The van der Waals surface area contributed by atoms with E-state index < -0.39 is 145 Å². The van der Waals surface area contributed by atoms with Gasteiger partial charge in [-0.2, -0.15) is 23.5 Å². The summed E-state index contributed by atoms with van der Waals surface area (Å²) in [5.74, 6) is -9.02. The third-order valence-electron chi connectivity index (χ3n) is 15.0. The molecule has 0 radical (unpaired) electrons. The molecule has 0 aliphatic carbocycles. The summed E-state index contributed by atoms with van der Waals surface area (Å²) < 4.78 is 23.2. The molecule has 90 heavy (non-hydrogen) atoms. The zero-order valence-electron chi connectivity index (χ0n) is 49.4. The van der Waals surface area contributed by atoms with Crippen molar-refractivity contribution in [2.45, 2.75) is 112 Å². The van der Waals surface area contributed by atoms with Crippen LogP contribution in [-0.4, -0.2) is 211 Å². The van der Waals surface area contributed by atoms with Gasteiger partial charge in [0.1, 0.15) is 35.8 Å². The van der Waals surface area contributed by atoms with E-state index >= 15 is 0 Å². The van der Waals surface area contributed by atoms with Crippen LogP contribution in [0.15, 0.2) is 119 Å². The van der Waals surface area contributed by atoms with E-state index in [0.29, 0.717) is 23.0 Å². The molecule has 1 unspecified atom stereocenters. The topological polar surface area (TPSA) is 408 Å². The van der Waals surface area contributed by atoms with Crippen molar-refractivity contribution in [3.8, 4) is 22.3 Å². The molecular weight excluding hydrogens is 1210 g/mol. The molecule has 28 heteroatoms. The molecule has 0 bridgehead atoms. The summed E-state index contributed by atoms with van der Waals surface area (Å²) in [6, 6.07) is 29.5. The molecule has 5 aromatic rings. The standard InChI is InChI=1S/C62H76N6O20S2/c1-35(69)67-47-43(71)31-61(59(81)82,87-55(47)51(75)45(73)33-65-57(79)41-19-15-39(16-20-41)37-11-5-3-6-12-37)85-25-9-27-89-29-23-63-49-50(54(78)53(49)77)64-24-30-90-28-10-26-86-62(60(83)84)32-44(72)48(68-36(2)70)56(88-62)52(76)46(74)34-66-58(80)42-21-17-40(18-22-42)38-13-7-4-8-14-38/h3-8,11-22,43-48,51-52,55-56,63-64,71-76H,9-10,23-34H2,1-2H3,(H,65,79)(H,66,80)(H,67,69)(H,68,70)(H,81,82)(H,83,84)/t43-,44-,45+,46+,47+,48+,51+,52+,55+,56?,61+,62+/m0/s1. The van der Waals surface area contributed by atoms with E-state index in [-0.39, 0.29) is 61.6 Å². The zero-order chi connectivity index (χ0) is 65.1. The maximum absolute atomic E-state index is 13.0. The number of aliphatic carboxylic acids is 2. The number of carboxylic acids is 2. The van der Waals surface area contributed by atoms with Crippen LogP contribution >= 0.6 is 23.5 Å². The van der Waals surface area contributed by atoms with Crippen molar-refractivity contribution >= 4 is 70.5 Å². The number of rotatable bonds is 34. The summed E-state index contributed by atoms with van der Waals surface area (Å²) in [6.45, 7) is 1.36. The van der Waals surface area contributed by atoms with Gasteiger partial charge in [-0.25, -0.2) is 9.59 Å². The van der Waals surface area contributed by atoms with E-state index in [0.717, 1.165) is 36.1 Å². The quantitative estimate of drug-likeness (QED) is 0.0201. The third kappa shape index (κ3) is 18.4. The Hall–Kier alpha value is -7.32. The van der Waals surface area contributed by atoms with E-state index in [1.54, 1.807) is 48.5 Å². The largest absolute Gasteiger partial charge is 0.477 e. The number of carbonyl (C=O) groups excluding carboxylic acids is 4. The van der Waals surface area contributed by atoms with Crippen molar-refractivity contribution in [2.24, 2.45) is 0 Å². The van der Waals surface area contributed by atoms with Gasteiger partial charge < -0.3 is 91.7 Å². The lowest BCUT2D eigenvalue weighted by molar-refractivity contribution is -0.310. The molecule has 7 rings (SSSR count). The van der Waals surface area contributed by atoms with E-state index in [4.69, 9.17) is 18.9 Å². The van der Waals surface area contributed by atoms with Crippen molar-refractivity contribution in [3.05, 3.63) is 141 Å². The molecule has 2 aliphatic rings. The van der Waals surface area contributed by atoms with Crippen molar-refractivity contribution in [1.82, 2.24) is 21.3 Å². The molecule has 12 atom stereocenters. The van der Waals surface area contributed by atoms with Gasteiger partial charge in [0.2, 0.25) is 11.8 Å². The summed E-state index contributed by atoms with van der Waals surface area (Å²) in [7, 11) is 0. The second-order valence-electron chi connectivity index (χ2n) is 21.6. The van der Waals surface area contributed by atoms with E-state index in [2.05, 4.69) is 31.9 Å². The van der Waals surface area contributed by atoms with Gasteiger partial charge in [-0.3, -0.25) is 28.8 Å². The number of hydrogen-bond acceptors (Lipinski definition) is 22. The number of hydrogen-bond donors (Lipinski definition) is 14. The molecule has 0 spiro atoms. The maximum atomic E-state index is 13.0. The third-order valence-corrected chi connectivity index (χ3v) is 17.1. The van der Waals surface area contributed by atoms with Crippen LogP contribution in [-0.2, 0) is 38.1 Å². The molecule has 2 aliphatic heterocycles. The van der Waals surface area contributed by atoms with E-state index in [9.17, 15) is 79.2 Å². The number of anilines is 2. The molecule has 0 saturated carbocycles. The van der Waals surface area contributed by atoms with Crippen LogP contribution in [0.5, 0.6) is 0 Å². The first kappa shape index (κ1) is 70.1. The molecule has 14 N–H and O–H groups in total. The first-order valence-corrected chi connectivity index (χ1v) is 31.4. The first-order valence-electron chi connectivity index (χ1n) is 29.1. The van der Waals surface area contributed by atoms with Gasteiger partial charge in [0.05, 0.1) is 49.7 Å². The monoisotopic (exact) mass is 1290 g/mol. The highest BCUT2D eigenvalue weighted by Crippen LogP contribution is 2.36. The lowest BCUT2D eigenvalue weighted by atomic mass is 9.88. The average Bonchev–Trinajstić information content (AvgIpc) is 0.868. The van der Waals surface area contributed by atoms with Gasteiger partial charge in [0.25, 0.3) is 34.2 Å². The predicted molar refractivity (Wildman–Crippen MR) is 334 cm³/mol. The van der Waals surface area contributed by atoms with Crippen LogP contribution in [0.1, 0.15) is 60.2 Å². The molecule has 2 heterocycles. The van der Waals surface area contributed by atoms with Gasteiger partial charge in [-0.05, 0) is 70.9 Å². The lowest BCUT2D eigenvalue weighted by Crippen LogP contribution is -2.68. The fourth-order valence-electron chi connectivity index (χ4n) is 10.3. The number of carbonyl (C=O) groups is 6. The molecule has 486 valence electrons. The Morgan fingerprint density at radius 2 is 0.878 bits per heavy atom. The first-order chi connectivity index (χ1) is 43.0. The number of nitrogens with one attached hydrogen (secondary N) is 6. The molecule has 2 fully saturated rings. The smallest absolute Gasteiger partial charge is 0.364 e. The van der Waals surface area contributed by atoms with Crippen molar-refractivity contribution < 1.29 is 88.6 Å². The highest BCUT2D eigenvalue weighted by molar-refractivity contribution is 7.99. The number of amides is 4. The second kappa shape index (κ2) is 33.1. The Balaban J connectivity index is 0.801. The maximum Gasteiger partial charge on any atom is 0.364 e. The summed E-state index contributed by atoms with van der Waals surface area (Å²) in [5, 5.41) is 104. The Morgan fingerprint density at radius 3 is 1.21 bits per heavy atom. The van der Waals surface area contributed by atoms with Crippen molar-refractivity contribution in [3.63, 3.8) is 0 Å². The van der Waals surface area contributed by atoms with Gasteiger partial charge >= 0.3 is 11.9 Å². The van der Waals surface area contributed by atoms with Crippen LogP contribution in [0.25, 0.3) is 22.3 Å². The fraction of sp³-hybridized carbons (Fsp3) is 0.452. The fourth-order valence-corrected chi connectivity index (χ4v) is 11.8. The number of thioether (sulfide) groups is 2. The summed E-state index contributed by atoms with van der Waals surface area (Å²) >= 11 is 2.81. The van der Waals surface area contributed by atoms with Crippen LogP contribution in [0.2, 0.25) is 0 Å². The van der Waals surface area contributed by atoms with Crippen LogP contribution < -0.4 is 42.8 Å². The zero-order valence-corrected chi connectivity index (χ0v) is 51.0. The summed E-state index contributed by atoms with van der Waals surface area (Å²) in [6.07, 6.45) is -14.9. The van der Waals surface area contributed by atoms with Crippen LogP contribution in [0.3, 0.4) is 0 Å². The minimum absolute atomic E-state index is 0.106. The molecule has 4 amide bonds. The van der Waals surface area contributed by atoms with E-state index in [1.165, 1.54) is 23.5 Å². The number of carboxylic acid groups (broad SMARTS) is 2. The normalized spacial score (nSPS) is 22.9. The van der Waals surface area contributed by atoms with Gasteiger partial charge in [-0.15, -0.1) is 0 Å². The highest BCUT2D eigenvalue weighted by Gasteiger charge is 2.57. The minimum atomic E-state index is -2.51. The van der Waals surface area contributed by atoms with Crippen LogP contribution in [0.4, 0.5) is 11.4 Å². The molecule has 0 aromatic heterocycles. The van der Waals surface area contributed by atoms with Crippen molar-refractivity contribution in [2.75, 3.05) is 73.0 Å². The van der Waals surface area contributed by atoms with Gasteiger partial charge in [0, 0.05) is 75.5 Å². The predicted octanol–water partition coefficient (Wildman–Crippen LogP) is 0.895. The number of aliphatic hydroxyl groups is 6. The minimum Gasteiger partial charge on any atom is -0.477 e.